The molecular weight excluding hydrogens is 567 g/mol. The molecule has 3 unspecified atom stereocenters. The molecule has 1 fully saturated rings. The first kappa shape index (κ1) is 33.0. The molecule has 2 amide bonds. The fourth-order valence-electron chi connectivity index (χ4n) is 5.79. The van der Waals surface area contributed by atoms with Crippen LogP contribution in [-0.4, -0.2) is 99.5 Å². The molecule has 0 aliphatic heterocycles. The van der Waals surface area contributed by atoms with E-state index < -0.39 is 75.7 Å². The fraction of sp³-hybridized carbons (Fsp3) is 0.462. The van der Waals surface area contributed by atoms with Crippen LogP contribution in [0.3, 0.4) is 0 Å². The highest BCUT2D eigenvalue weighted by Crippen LogP contribution is 2.53. The average molecular weight is 601 g/mol. The quantitative estimate of drug-likeness (QED) is 0.207. The number of carbonyl (C=O) groups is 4. The third-order valence-electron chi connectivity index (χ3n) is 8.01. The summed E-state index contributed by atoms with van der Waals surface area (Å²) in [6, 6.07) is 1.44. The molecule has 4 rings (SSSR count). The van der Waals surface area contributed by atoms with Crippen molar-refractivity contribution in [1.82, 2.24) is 9.80 Å². The highest BCUT2D eigenvalue weighted by molar-refractivity contribution is 6.24. The van der Waals surface area contributed by atoms with Gasteiger partial charge in [0.15, 0.2) is 11.4 Å². The smallest absolute Gasteiger partial charge is 0.255 e. The highest BCUT2D eigenvalue weighted by atomic mass is 35.5. The van der Waals surface area contributed by atoms with Crippen LogP contribution in [0.5, 0.6) is 5.75 Å². The van der Waals surface area contributed by atoms with E-state index in [2.05, 4.69) is 5.32 Å². The highest BCUT2D eigenvalue weighted by Gasteiger charge is 2.64. The molecule has 0 heterocycles. The molecule has 12 nitrogen and oxygen atoms in total. The number of amides is 2. The fourth-order valence-corrected chi connectivity index (χ4v) is 5.79. The number of fused-ring (bicyclic) bond motifs is 3. The Bertz CT molecular complexity index is 1340. The third-order valence-corrected chi connectivity index (χ3v) is 8.01. The maximum atomic E-state index is 13.8. The number of primary amides is 1. The molecule has 3 aliphatic carbocycles. The largest absolute Gasteiger partial charge is 0.508 e. The summed E-state index contributed by atoms with van der Waals surface area (Å²) in [4.78, 5) is 54.6. The molecule has 0 radical (unpaired) electrons. The zero-order valence-electron chi connectivity index (χ0n) is 22.6. The minimum Gasteiger partial charge on any atom is -0.508 e. The number of carbonyl (C=O) groups excluding carboxylic acids is 4. The molecule has 0 saturated heterocycles. The SMILES string of the molecule is CC(C(=O)Nc1ccc2c(c1O)C(O)=C1C(=O)[C@]3(O)C(O)=C(C(N)=O)C(=O)[C@@H](N(C)C)C3CC1C2)N(C)C.Cl.Cl. The van der Waals surface area contributed by atoms with Gasteiger partial charge in [0.1, 0.15) is 22.8 Å². The van der Waals surface area contributed by atoms with Crippen LogP contribution in [0.15, 0.2) is 29.0 Å². The summed E-state index contributed by atoms with van der Waals surface area (Å²) in [6.45, 7) is 1.67. The van der Waals surface area contributed by atoms with E-state index >= 15 is 0 Å². The summed E-state index contributed by atoms with van der Waals surface area (Å²) in [5.74, 6) is -7.62. The Morgan fingerprint density at radius 1 is 1.10 bits per heavy atom. The number of nitrogens with one attached hydrogen (secondary N) is 1. The number of anilines is 1. The Hall–Kier alpha value is -3.16. The molecule has 1 aromatic rings. The third kappa shape index (κ3) is 4.73. The molecule has 14 heteroatoms. The van der Waals surface area contributed by atoms with Crippen LogP contribution in [-0.2, 0) is 25.6 Å². The van der Waals surface area contributed by atoms with Crippen molar-refractivity contribution < 1.29 is 39.6 Å². The van der Waals surface area contributed by atoms with Gasteiger partial charge in [-0.3, -0.25) is 29.0 Å². The predicted molar refractivity (Wildman–Crippen MR) is 151 cm³/mol. The van der Waals surface area contributed by atoms with Crippen molar-refractivity contribution >= 4 is 59.6 Å². The number of halogens is 2. The summed E-state index contributed by atoms with van der Waals surface area (Å²) in [5.41, 5.74) is 1.93. The van der Waals surface area contributed by atoms with Crippen molar-refractivity contribution in [3.8, 4) is 5.75 Å². The van der Waals surface area contributed by atoms with Crippen LogP contribution in [0.2, 0.25) is 0 Å². The number of likely N-dealkylation sites (N-methyl/N-ethyl adjacent to an activating group) is 2. The van der Waals surface area contributed by atoms with E-state index in [1.165, 1.54) is 11.0 Å². The number of nitrogens with zero attached hydrogens (tertiary/aromatic N) is 2. The summed E-state index contributed by atoms with van der Waals surface area (Å²) in [6.07, 6.45) is 0.176. The number of aliphatic hydroxyl groups is 3. The van der Waals surface area contributed by atoms with Crippen LogP contribution >= 0.6 is 24.8 Å². The van der Waals surface area contributed by atoms with Crippen molar-refractivity contribution in [2.75, 3.05) is 33.5 Å². The van der Waals surface area contributed by atoms with Gasteiger partial charge in [0.25, 0.3) is 5.91 Å². The molecule has 1 aromatic carbocycles. The molecular formula is C26H34Cl2N4O8. The minimum absolute atomic E-state index is 0. The molecule has 5 atom stereocenters. The zero-order chi connectivity index (χ0) is 28.4. The lowest BCUT2D eigenvalue weighted by atomic mass is 9.57. The summed E-state index contributed by atoms with van der Waals surface area (Å²) in [7, 11) is 6.51. The van der Waals surface area contributed by atoms with Crippen LogP contribution in [0.1, 0.15) is 24.5 Å². The number of hydrogen-bond acceptors (Lipinski definition) is 10. The topological polar surface area (TPSA) is 194 Å². The molecule has 220 valence electrons. The molecule has 40 heavy (non-hydrogen) atoms. The number of ketones is 2. The second kappa shape index (κ2) is 11.4. The van der Waals surface area contributed by atoms with Crippen LogP contribution in [0.4, 0.5) is 5.69 Å². The summed E-state index contributed by atoms with van der Waals surface area (Å²) >= 11 is 0. The molecule has 7 N–H and O–H groups in total. The van der Waals surface area contributed by atoms with E-state index in [1.807, 2.05) is 0 Å². The van der Waals surface area contributed by atoms with Crippen molar-refractivity contribution in [2.45, 2.75) is 37.5 Å². The predicted octanol–water partition coefficient (Wildman–Crippen LogP) is 0.696. The zero-order valence-corrected chi connectivity index (χ0v) is 24.2. The van der Waals surface area contributed by atoms with Gasteiger partial charge in [0.05, 0.1) is 23.3 Å². The Labute approximate surface area is 243 Å². The first-order valence-corrected chi connectivity index (χ1v) is 12.1. The number of benzene rings is 1. The van der Waals surface area contributed by atoms with Crippen LogP contribution in [0.25, 0.3) is 5.76 Å². The Morgan fingerprint density at radius 3 is 2.23 bits per heavy atom. The van der Waals surface area contributed by atoms with E-state index in [4.69, 9.17) is 5.73 Å². The van der Waals surface area contributed by atoms with Crippen molar-refractivity contribution in [2.24, 2.45) is 17.6 Å². The Morgan fingerprint density at radius 2 is 1.70 bits per heavy atom. The maximum absolute atomic E-state index is 13.8. The van der Waals surface area contributed by atoms with Crippen LogP contribution in [0, 0.1) is 11.8 Å². The van der Waals surface area contributed by atoms with Gasteiger partial charge in [-0.05, 0) is 65.5 Å². The Balaban J connectivity index is 0.00000280. The van der Waals surface area contributed by atoms with Gasteiger partial charge in [-0.15, -0.1) is 24.8 Å². The monoisotopic (exact) mass is 600 g/mol. The second-order valence-electron chi connectivity index (χ2n) is 10.6. The van der Waals surface area contributed by atoms with Gasteiger partial charge in [-0.2, -0.15) is 0 Å². The van der Waals surface area contributed by atoms with Gasteiger partial charge in [-0.25, -0.2) is 0 Å². The summed E-state index contributed by atoms with van der Waals surface area (Å²) < 4.78 is 0. The molecule has 1 saturated carbocycles. The summed E-state index contributed by atoms with van der Waals surface area (Å²) in [5, 5.41) is 47.4. The average Bonchev–Trinajstić information content (AvgIpc) is 2.82. The number of phenolic OH excluding ortho intramolecular Hbond substituents is 1. The van der Waals surface area contributed by atoms with E-state index in [1.54, 1.807) is 46.1 Å². The minimum atomic E-state index is -2.70. The number of Topliss-reactive ketones (excluding diaryl/α,β-unsaturated/α-hetero) is 2. The lowest BCUT2D eigenvalue weighted by Crippen LogP contribution is -2.65. The number of aliphatic hydroxyl groups excluding tert-OH is 2. The molecule has 0 spiro atoms. The van der Waals surface area contributed by atoms with Gasteiger partial charge < -0.3 is 31.5 Å². The first-order chi connectivity index (χ1) is 17.6. The maximum Gasteiger partial charge on any atom is 0.255 e. The van der Waals surface area contributed by atoms with Gasteiger partial charge >= 0.3 is 0 Å². The van der Waals surface area contributed by atoms with E-state index in [0.717, 1.165) is 0 Å². The molecule has 0 bridgehead atoms. The second-order valence-corrected chi connectivity index (χ2v) is 10.6. The molecule has 0 aromatic heterocycles. The number of aromatic hydroxyl groups is 1. The van der Waals surface area contributed by atoms with E-state index in [0.29, 0.717) is 5.56 Å². The number of rotatable bonds is 5. The Kier molecular flexibility index (Phi) is 9.40. The standard InChI is InChI=1S/C26H32N4O8.2ClH/c1-10(29(2)3)25(37)28-14-7-6-11-8-12-9-13-18(30(4)5)21(33)17(24(27)36)23(35)26(13,38)22(34)16(12)20(32)15(11)19(14)31;;/h6-7,10,12-13,18,31-32,35,38H,8-9H2,1-5H3,(H2,27,36)(H,28,37);2*1H/t10?,12?,13?,18-,26-;;/m0../s1. The van der Waals surface area contributed by atoms with Crippen LogP contribution < -0.4 is 11.1 Å². The number of nitrogens with two attached hydrogens (primary N) is 1. The lowest BCUT2D eigenvalue weighted by Gasteiger charge is -2.50. The normalized spacial score (nSPS) is 26.4. The van der Waals surface area contributed by atoms with E-state index in [9.17, 15) is 39.6 Å². The molecule has 3 aliphatic rings. The van der Waals surface area contributed by atoms with Crippen molar-refractivity contribution in [3.05, 3.63) is 40.2 Å². The van der Waals surface area contributed by atoms with Gasteiger partial charge in [-0.1, -0.05) is 6.07 Å². The lowest BCUT2D eigenvalue weighted by molar-refractivity contribution is -0.153. The number of hydrogen-bond donors (Lipinski definition) is 6. The van der Waals surface area contributed by atoms with Crippen molar-refractivity contribution in [3.63, 3.8) is 0 Å². The van der Waals surface area contributed by atoms with Gasteiger partial charge in [0.2, 0.25) is 11.7 Å². The van der Waals surface area contributed by atoms with Gasteiger partial charge in [0, 0.05) is 11.5 Å². The van der Waals surface area contributed by atoms with E-state index in [-0.39, 0.29) is 54.5 Å². The number of phenols is 1. The first-order valence-electron chi connectivity index (χ1n) is 12.1. The van der Waals surface area contributed by atoms with Crippen molar-refractivity contribution in [1.29, 1.82) is 0 Å².